The van der Waals surface area contributed by atoms with Crippen LogP contribution in [-0.2, 0) is 10.2 Å². The first-order valence-corrected chi connectivity index (χ1v) is 8.96. The SMILES string of the molecule is CO[C@]1(C)CC[C@](c2ccc(Cl)c(Cl)c2)([C@H]2CCNC2)CC1. The van der Waals surface area contributed by atoms with Crippen LogP contribution in [0.4, 0.5) is 0 Å². The van der Waals surface area contributed by atoms with E-state index in [4.69, 9.17) is 27.9 Å². The Morgan fingerprint density at radius 1 is 1.14 bits per heavy atom. The quantitative estimate of drug-likeness (QED) is 0.850. The average Bonchev–Trinajstić information content (AvgIpc) is 3.06. The lowest BCUT2D eigenvalue weighted by Crippen LogP contribution is -2.45. The lowest BCUT2D eigenvalue weighted by molar-refractivity contribution is -0.0466. The highest BCUT2D eigenvalue weighted by Crippen LogP contribution is 2.51. The second kappa shape index (κ2) is 6.32. The van der Waals surface area contributed by atoms with Crippen molar-refractivity contribution in [3.05, 3.63) is 33.8 Å². The van der Waals surface area contributed by atoms with E-state index in [9.17, 15) is 0 Å². The van der Waals surface area contributed by atoms with Crippen molar-refractivity contribution >= 4 is 23.2 Å². The van der Waals surface area contributed by atoms with Gasteiger partial charge in [-0.25, -0.2) is 0 Å². The van der Waals surface area contributed by atoms with E-state index in [0.717, 1.165) is 38.8 Å². The highest BCUT2D eigenvalue weighted by Gasteiger charge is 2.47. The second-order valence-electron chi connectivity index (χ2n) is 7.13. The summed E-state index contributed by atoms with van der Waals surface area (Å²) < 4.78 is 5.75. The molecule has 1 aliphatic carbocycles. The van der Waals surface area contributed by atoms with Crippen LogP contribution in [0, 0.1) is 5.92 Å². The van der Waals surface area contributed by atoms with Crippen LogP contribution < -0.4 is 5.32 Å². The highest BCUT2D eigenvalue weighted by molar-refractivity contribution is 6.42. The fourth-order valence-corrected chi connectivity index (χ4v) is 4.59. The minimum Gasteiger partial charge on any atom is -0.379 e. The molecule has 1 aromatic carbocycles. The van der Waals surface area contributed by atoms with Crippen LogP contribution in [0.5, 0.6) is 0 Å². The summed E-state index contributed by atoms with van der Waals surface area (Å²) in [5.41, 5.74) is 1.58. The molecule has 1 saturated heterocycles. The minimum atomic E-state index is 0.0196. The summed E-state index contributed by atoms with van der Waals surface area (Å²) >= 11 is 12.4. The van der Waals surface area contributed by atoms with Gasteiger partial charge in [0.2, 0.25) is 0 Å². The molecule has 1 N–H and O–H groups in total. The molecule has 2 nitrogen and oxygen atoms in total. The van der Waals surface area contributed by atoms with Crippen LogP contribution >= 0.6 is 23.2 Å². The van der Waals surface area contributed by atoms with E-state index in [-0.39, 0.29) is 11.0 Å². The molecule has 1 saturated carbocycles. The van der Waals surface area contributed by atoms with Gasteiger partial charge in [0.15, 0.2) is 0 Å². The number of rotatable bonds is 3. The molecular weight excluding hydrogens is 317 g/mol. The standard InChI is InChI=1S/C18H25Cl2NO/c1-17(22-2)6-8-18(9-7-17,14-5-10-21-12-14)13-3-4-15(19)16(20)11-13/h3-4,11,14,21H,5-10,12H2,1-2H3/t14-,17-,18+/m0/s1. The van der Waals surface area contributed by atoms with E-state index >= 15 is 0 Å². The van der Waals surface area contributed by atoms with Crippen molar-refractivity contribution in [1.82, 2.24) is 5.32 Å². The monoisotopic (exact) mass is 341 g/mol. The predicted octanol–water partition coefficient (Wildman–Crippen LogP) is 4.82. The lowest BCUT2D eigenvalue weighted by Gasteiger charge is -2.48. The van der Waals surface area contributed by atoms with Gasteiger partial charge in [0.25, 0.3) is 0 Å². The van der Waals surface area contributed by atoms with Crippen molar-refractivity contribution in [1.29, 1.82) is 0 Å². The third-order valence-corrected chi connectivity index (χ3v) is 6.77. The largest absolute Gasteiger partial charge is 0.379 e. The Labute approximate surface area is 143 Å². The Morgan fingerprint density at radius 3 is 2.41 bits per heavy atom. The zero-order valence-electron chi connectivity index (χ0n) is 13.4. The molecule has 1 aliphatic heterocycles. The lowest BCUT2D eigenvalue weighted by atomic mass is 9.59. The van der Waals surface area contributed by atoms with Crippen LogP contribution in [0.15, 0.2) is 18.2 Å². The zero-order valence-corrected chi connectivity index (χ0v) is 14.9. The summed E-state index contributed by atoms with van der Waals surface area (Å²) in [4.78, 5) is 0. The Bertz CT molecular complexity index is 532. The molecule has 1 atom stereocenters. The summed E-state index contributed by atoms with van der Waals surface area (Å²) in [6.45, 7) is 4.46. The number of hydrogen-bond acceptors (Lipinski definition) is 2. The van der Waals surface area contributed by atoms with Gasteiger partial charge in [-0.15, -0.1) is 0 Å². The molecule has 0 aromatic heterocycles. The maximum atomic E-state index is 6.31. The number of ether oxygens (including phenoxy) is 1. The van der Waals surface area contributed by atoms with Gasteiger partial charge < -0.3 is 10.1 Å². The van der Waals surface area contributed by atoms with Crippen LogP contribution in [0.3, 0.4) is 0 Å². The number of methoxy groups -OCH3 is 1. The Morgan fingerprint density at radius 2 is 1.86 bits per heavy atom. The van der Waals surface area contributed by atoms with Crippen LogP contribution in [0.1, 0.15) is 44.6 Å². The van der Waals surface area contributed by atoms with E-state index in [2.05, 4.69) is 24.4 Å². The van der Waals surface area contributed by atoms with Gasteiger partial charge in [0.05, 0.1) is 15.6 Å². The van der Waals surface area contributed by atoms with Crippen molar-refractivity contribution in [3.8, 4) is 0 Å². The number of benzene rings is 1. The first-order chi connectivity index (χ1) is 10.5. The molecule has 0 amide bonds. The van der Waals surface area contributed by atoms with Gasteiger partial charge in [0, 0.05) is 7.11 Å². The van der Waals surface area contributed by atoms with Crippen molar-refractivity contribution in [2.24, 2.45) is 5.92 Å². The Balaban J connectivity index is 1.95. The van der Waals surface area contributed by atoms with E-state index < -0.39 is 0 Å². The maximum Gasteiger partial charge on any atom is 0.0651 e. The van der Waals surface area contributed by atoms with Gasteiger partial charge in [-0.1, -0.05) is 29.3 Å². The fourth-order valence-electron chi connectivity index (χ4n) is 4.29. The molecule has 122 valence electrons. The van der Waals surface area contributed by atoms with E-state index in [0.29, 0.717) is 16.0 Å². The van der Waals surface area contributed by atoms with E-state index in [1.54, 1.807) is 0 Å². The molecule has 2 aliphatic rings. The summed E-state index contributed by atoms with van der Waals surface area (Å²) in [6.07, 6.45) is 5.74. The zero-order chi connectivity index (χ0) is 15.8. The van der Waals surface area contributed by atoms with Gasteiger partial charge in [-0.3, -0.25) is 0 Å². The molecule has 0 bridgehead atoms. The average molecular weight is 342 g/mol. The van der Waals surface area contributed by atoms with Gasteiger partial charge in [-0.05, 0) is 81.1 Å². The number of halogens is 2. The summed E-state index contributed by atoms with van der Waals surface area (Å²) in [5.74, 6) is 0.672. The van der Waals surface area contributed by atoms with Gasteiger partial charge in [0.1, 0.15) is 0 Å². The van der Waals surface area contributed by atoms with Crippen molar-refractivity contribution in [3.63, 3.8) is 0 Å². The van der Waals surface area contributed by atoms with Crippen LogP contribution in [0.25, 0.3) is 0 Å². The Hall–Kier alpha value is -0.280. The minimum absolute atomic E-state index is 0.0196. The molecule has 4 heteroatoms. The molecule has 0 unspecified atom stereocenters. The van der Waals surface area contributed by atoms with Crippen LogP contribution in [-0.4, -0.2) is 25.8 Å². The first-order valence-electron chi connectivity index (χ1n) is 8.20. The highest BCUT2D eigenvalue weighted by atomic mass is 35.5. The van der Waals surface area contributed by atoms with Crippen molar-refractivity contribution in [2.75, 3.05) is 20.2 Å². The van der Waals surface area contributed by atoms with Crippen LogP contribution in [0.2, 0.25) is 10.0 Å². The molecule has 0 radical (unpaired) electrons. The van der Waals surface area contributed by atoms with Gasteiger partial charge >= 0.3 is 0 Å². The molecule has 1 heterocycles. The third-order valence-electron chi connectivity index (χ3n) is 6.03. The predicted molar refractivity (Wildman–Crippen MR) is 93.0 cm³/mol. The molecule has 2 fully saturated rings. The third kappa shape index (κ3) is 2.91. The normalized spacial score (nSPS) is 35.7. The fraction of sp³-hybridized carbons (Fsp3) is 0.667. The van der Waals surface area contributed by atoms with E-state index in [1.807, 2.05) is 13.2 Å². The molecule has 22 heavy (non-hydrogen) atoms. The summed E-state index contributed by atoms with van der Waals surface area (Å²) in [7, 11) is 1.84. The summed E-state index contributed by atoms with van der Waals surface area (Å²) in [6, 6.07) is 6.23. The van der Waals surface area contributed by atoms with Crippen molar-refractivity contribution in [2.45, 2.75) is 50.0 Å². The molecule has 3 rings (SSSR count). The summed E-state index contributed by atoms with van der Waals surface area (Å²) in [5, 5.41) is 4.85. The number of nitrogens with one attached hydrogen (secondary N) is 1. The van der Waals surface area contributed by atoms with Crippen molar-refractivity contribution < 1.29 is 4.74 Å². The second-order valence-corrected chi connectivity index (χ2v) is 7.94. The topological polar surface area (TPSA) is 21.3 Å². The van der Waals surface area contributed by atoms with Gasteiger partial charge in [-0.2, -0.15) is 0 Å². The molecular formula is C18H25Cl2NO. The van der Waals surface area contributed by atoms with E-state index in [1.165, 1.54) is 12.0 Å². The number of hydrogen-bond donors (Lipinski definition) is 1. The Kier molecular flexibility index (Phi) is 4.76. The maximum absolute atomic E-state index is 6.31. The first kappa shape index (κ1) is 16.6. The molecule has 0 spiro atoms. The smallest absolute Gasteiger partial charge is 0.0651 e. The molecule has 1 aromatic rings.